The summed E-state index contributed by atoms with van der Waals surface area (Å²) in [5.74, 6) is 1.43. The molecule has 1 fully saturated rings. The Morgan fingerprint density at radius 1 is 1.39 bits per heavy atom. The van der Waals surface area contributed by atoms with E-state index >= 15 is 0 Å². The summed E-state index contributed by atoms with van der Waals surface area (Å²) < 4.78 is 11.7. The maximum Gasteiger partial charge on any atom is 0.288 e. The summed E-state index contributed by atoms with van der Waals surface area (Å²) in [7, 11) is 3.48. The predicted molar refractivity (Wildman–Crippen MR) is 88.5 cm³/mol. The van der Waals surface area contributed by atoms with Gasteiger partial charge in [-0.2, -0.15) is 0 Å². The lowest BCUT2D eigenvalue weighted by Gasteiger charge is -2.39. The van der Waals surface area contributed by atoms with Gasteiger partial charge in [-0.05, 0) is 50.5 Å². The first-order valence-corrected chi connectivity index (χ1v) is 8.91. The number of hydrogen-bond donors (Lipinski definition) is 1. The molecule has 5 nitrogen and oxygen atoms in total. The third-order valence-corrected chi connectivity index (χ3v) is 5.02. The number of rotatable bonds is 7. The highest BCUT2D eigenvalue weighted by molar-refractivity contribution is 5.91. The standard InChI is InChI=1S/C18H31NO4/c1-4-22-18-14(10-7-11-20)15(13-8-5-6-9-13)12-16(23-18)17(21)19(2)3/h12-15,18,20H,4-11H2,1-3H3/t14-,15+,18+/m0/s1. The second-order valence-corrected chi connectivity index (χ2v) is 6.82. The van der Waals surface area contributed by atoms with Gasteiger partial charge in [-0.1, -0.05) is 12.8 Å². The summed E-state index contributed by atoms with van der Waals surface area (Å²) in [5, 5.41) is 9.22. The third-order valence-electron chi connectivity index (χ3n) is 5.02. The highest BCUT2D eigenvalue weighted by atomic mass is 16.7. The molecule has 1 aliphatic heterocycles. The van der Waals surface area contributed by atoms with E-state index in [0.29, 0.717) is 24.2 Å². The van der Waals surface area contributed by atoms with Crippen molar-refractivity contribution >= 4 is 5.91 Å². The Labute approximate surface area is 139 Å². The van der Waals surface area contributed by atoms with Crippen molar-refractivity contribution in [2.24, 2.45) is 17.8 Å². The first-order chi connectivity index (χ1) is 11.1. The number of nitrogens with zero attached hydrogens (tertiary/aromatic N) is 1. The number of likely N-dealkylation sites (N-methyl/N-ethyl adjacent to an activating group) is 1. The third kappa shape index (κ3) is 4.48. The van der Waals surface area contributed by atoms with Crippen LogP contribution in [0.1, 0.15) is 45.4 Å². The second-order valence-electron chi connectivity index (χ2n) is 6.82. The molecule has 2 rings (SSSR count). The molecule has 132 valence electrons. The van der Waals surface area contributed by atoms with Crippen LogP contribution in [0.15, 0.2) is 11.8 Å². The monoisotopic (exact) mass is 325 g/mol. The molecule has 0 saturated heterocycles. The van der Waals surface area contributed by atoms with Gasteiger partial charge < -0.3 is 19.5 Å². The van der Waals surface area contributed by atoms with Crippen LogP contribution in [0.4, 0.5) is 0 Å². The highest BCUT2D eigenvalue weighted by Gasteiger charge is 2.41. The Hall–Kier alpha value is -1.07. The quantitative estimate of drug-likeness (QED) is 0.781. The number of carbonyl (C=O) groups is 1. The van der Waals surface area contributed by atoms with Crippen LogP contribution in [-0.2, 0) is 14.3 Å². The van der Waals surface area contributed by atoms with Crippen molar-refractivity contribution in [1.29, 1.82) is 0 Å². The van der Waals surface area contributed by atoms with Gasteiger partial charge in [-0.3, -0.25) is 4.79 Å². The lowest BCUT2D eigenvalue weighted by Crippen LogP contribution is -2.41. The van der Waals surface area contributed by atoms with Gasteiger partial charge in [0.1, 0.15) is 0 Å². The Bertz CT molecular complexity index is 415. The molecule has 0 aromatic rings. The Morgan fingerprint density at radius 2 is 2.09 bits per heavy atom. The van der Waals surface area contributed by atoms with Crippen LogP contribution in [0.2, 0.25) is 0 Å². The first kappa shape index (κ1) is 18.3. The molecule has 1 N–H and O–H groups in total. The summed E-state index contributed by atoms with van der Waals surface area (Å²) in [6.07, 6.45) is 8.20. The minimum Gasteiger partial charge on any atom is -0.459 e. The maximum absolute atomic E-state index is 12.4. The molecular weight excluding hydrogens is 294 g/mol. The van der Waals surface area contributed by atoms with Crippen LogP contribution in [0, 0.1) is 17.8 Å². The van der Waals surface area contributed by atoms with Crippen LogP contribution in [0.5, 0.6) is 0 Å². The zero-order chi connectivity index (χ0) is 16.8. The number of aliphatic hydroxyl groups excluding tert-OH is 1. The summed E-state index contributed by atoms with van der Waals surface area (Å²) >= 11 is 0. The molecule has 0 aromatic heterocycles. The van der Waals surface area contributed by atoms with Crippen molar-refractivity contribution in [2.75, 3.05) is 27.3 Å². The molecule has 0 unspecified atom stereocenters. The highest BCUT2D eigenvalue weighted by Crippen LogP contribution is 2.43. The van der Waals surface area contributed by atoms with Crippen molar-refractivity contribution in [1.82, 2.24) is 4.90 Å². The smallest absolute Gasteiger partial charge is 0.288 e. The van der Waals surface area contributed by atoms with Gasteiger partial charge in [0, 0.05) is 33.2 Å². The molecule has 0 spiro atoms. The molecular formula is C18H31NO4. The summed E-state index contributed by atoms with van der Waals surface area (Å²) in [5.41, 5.74) is 0. The number of amides is 1. The molecule has 0 bridgehead atoms. The molecule has 2 aliphatic rings. The fourth-order valence-electron chi connectivity index (χ4n) is 3.88. The van der Waals surface area contributed by atoms with Gasteiger partial charge in [0.05, 0.1) is 0 Å². The molecule has 1 aliphatic carbocycles. The number of hydrogen-bond acceptors (Lipinski definition) is 4. The van der Waals surface area contributed by atoms with E-state index in [1.807, 2.05) is 13.0 Å². The van der Waals surface area contributed by atoms with E-state index in [-0.39, 0.29) is 24.7 Å². The molecule has 5 heteroatoms. The van der Waals surface area contributed by atoms with E-state index in [0.717, 1.165) is 12.8 Å². The van der Waals surface area contributed by atoms with Gasteiger partial charge in [0.25, 0.3) is 5.91 Å². The Morgan fingerprint density at radius 3 is 2.65 bits per heavy atom. The summed E-state index contributed by atoms with van der Waals surface area (Å²) in [6.45, 7) is 2.68. The number of aliphatic hydroxyl groups is 1. The lowest BCUT2D eigenvalue weighted by atomic mass is 9.76. The van der Waals surface area contributed by atoms with E-state index in [9.17, 15) is 9.90 Å². The van der Waals surface area contributed by atoms with Gasteiger partial charge in [0.2, 0.25) is 6.29 Å². The molecule has 1 saturated carbocycles. The van der Waals surface area contributed by atoms with Crippen molar-refractivity contribution < 1.29 is 19.4 Å². The van der Waals surface area contributed by atoms with Crippen LogP contribution < -0.4 is 0 Å². The van der Waals surface area contributed by atoms with E-state index < -0.39 is 0 Å². The number of ether oxygens (including phenoxy) is 2. The Kier molecular flexibility index (Phi) is 6.90. The van der Waals surface area contributed by atoms with Crippen LogP contribution in [-0.4, -0.2) is 49.5 Å². The molecule has 23 heavy (non-hydrogen) atoms. The van der Waals surface area contributed by atoms with Gasteiger partial charge in [-0.25, -0.2) is 0 Å². The normalized spacial score (nSPS) is 28.3. The van der Waals surface area contributed by atoms with Gasteiger partial charge in [-0.15, -0.1) is 0 Å². The number of carbonyl (C=O) groups excluding carboxylic acids is 1. The molecule has 1 heterocycles. The molecule has 0 aromatic carbocycles. The maximum atomic E-state index is 12.4. The van der Waals surface area contributed by atoms with Gasteiger partial charge >= 0.3 is 0 Å². The largest absolute Gasteiger partial charge is 0.459 e. The number of allylic oxidation sites excluding steroid dienone is 1. The lowest BCUT2D eigenvalue weighted by molar-refractivity contribution is -0.178. The second kappa shape index (κ2) is 8.69. The van der Waals surface area contributed by atoms with Crippen LogP contribution >= 0.6 is 0 Å². The predicted octanol–water partition coefficient (Wildman–Crippen LogP) is 2.55. The van der Waals surface area contributed by atoms with Crippen molar-refractivity contribution in [3.8, 4) is 0 Å². The van der Waals surface area contributed by atoms with E-state index in [1.54, 1.807) is 19.0 Å². The molecule has 1 amide bonds. The minimum atomic E-state index is -0.388. The van der Waals surface area contributed by atoms with E-state index in [4.69, 9.17) is 9.47 Å². The zero-order valence-corrected chi connectivity index (χ0v) is 14.7. The topological polar surface area (TPSA) is 59.0 Å². The fraction of sp³-hybridized carbons (Fsp3) is 0.833. The van der Waals surface area contributed by atoms with E-state index in [2.05, 4.69) is 0 Å². The molecule has 0 radical (unpaired) electrons. The Balaban J connectivity index is 2.26. The van der Waals surface area contributed by atoms with Crippen molar-refractivity contribution in [3.05, 3.63) is 11.8 Å². The van der Waals surface area contributed by atoms with E-state index in [1.165, 1.54) is 25.7 Å². The minimum absolute atomic E-state index is 0.0988. The average Bonchev–Trinajstić information content (AvgIpc) is 3.06. The molecule has 3 atom stereocenters. The van der Waals surface area contributed by atoms with Crippen LogP contribution in [0.25, 0.3) is 0 Å². The zero-order valence-electron chi connectivity index (χ0n) is 14.7. The van der Waals surface area contributed by atoms with Gasteiger partial charge in [0.15, 0.2) is 5.76 Å². The van der Waals surface area contributed by atoms with Crippen LogP contribution in [0.3, 0.4) is 0 Å². The summed E-state index contributed by atoms with van der Waals surface area (Å²) in [4.78, 5) is 13.9. The fourth-order valence-corrected chi connectivity index (χ4v) is 3.88. The summed E-state index contributed by atoms with van der Waals surface area (Å²) in [6, 6.07) is 0. The SMILES string of the molecule is CCO[C@@H]1OC(C(=O)N(C)C)=C[C@H](C2CCCC2)[C@@H]1CCCO. The first-order valence-electron chi connectivity index (χ1n) is 8.91. The van der Waals surface area contributed by atoms with Crippen molar-refractivity contribution in [2.45, 2.75) is 51.7 Å². The average molecular weight is 325 g/mol. The van der Waals surface area contributed by atoms with Crippen molar-refractivity contribution in [3.63, 3.8) is 0 Å².